The van der Waals surface area contributed by atoms with Crippen molar-refractivity contribution >= 4 is 33.4 Å². The van der Waals surface area contributed by atoms with Gasteiger partial charge >= 0.3 is 0 Å². The number of thioether (sulfide) groups is 1. The fourth-order valence-corrected chi connectivity index (χ4v) is 2.04. The maximum atomic E-state index is 12.9. The van der Waals surface area contributed by atoms with Crippen LogP contribution in [0.25, 0.3) is 0 Å². The molecule has 0 aromatic heterocycles. The lowest BCUT2D eigenvalue weighted by atomic mass is 10.3. The molecule has 0 bridgehead atoms. The number of anilines is 1. The molecule has 0 aliphatic rings. The first-order valence-electron chi connectivity index (χ1n) is 3.63. The summed E-state index contributed by atoms with van der Waals surface area (Å²) in [6.07, 6.45) is 1.78. The normalized spacial score (nSPS) is 10.0. The van der Waals surface area contributed by atoms with Gasteiger partial charge in [0, 0.05) is 16.3 Å². The highest BCUT2D eigenvalue weighted by Crippen LogP contribution is 2.30. The van der Waals surface area contributed by atoms with Crippen molar-refractivity contribution < 1.29 is 4.39 Å². The maximum absolute atomic E-state index is 12.9. The van der Waals surface area contributed by atoms with Gasteiger partial charge in [0.15, 0.2) is 0 Å². The van der Waals surface area contributed by atoms with Crippen LogP contribution in [0.3, 0.4) is 0 Å². The van der Waals surface area contributed by atoms with Gasteiger partial charge in [0.25, 0.3) is 0 Å². The summed E-state index contributed by atoms with van der Waals surface area (Å²) >= 11 is 4.63. The van der Waals surface area contributed by atoms with Crippen LogP contribution in [-0.2, 0) is 0 Å². The predicted octanol–water partition coefficient (Wildman–Crippen LogP) is 3.45. The number of hydrogen-bond acceptors (Lipinski definition) is 2. The second-order valence-electron chi connectivity index (χ2n) is 2.40. The molecular formula is C9H9BrFNS. The first-order valence-corrected chi connectivity index (χ1v) is 5.41. The Balaban J connectivity index is 2.94. The lowest BCUT2D eigenvalue weighted by molar-refractivity contribution is 0.620. The molecule has 4 heteroatoms. The summed E-state index contributed by atoms with van der Waals surface area (Å²) in [5.41, 5.74) is 6.08. The fourth-order valence-electron chi connectivity index (χ4n) is 0.818. The molecule has 0 radical (unpaired) electrons. The first-order chi connectivity index (χ1) is 6.15. The Hall–Kier alpha value is -0.480. The van der Waals surface area contributed by atoms with Crippen molar-refractivity contribution in [3.8, 4) is 0 Å². The van der Waals surface area contributed by atoms with Gasteiger partial charge in [-0.15, -0.1) is 18.3 Å². The van der Waals surface area contributed by atoms with E-state index in [4.69, 9.17) is 5.73 Å². The van der Waals surface area contributed by atoms with Crippen LogP contribution < -0.4 is 5.73 Å². The summed E-state index contributed by atoms with van der Waals surface area (Å²) in [4.78, 5) is 0.869. The number of benzene rings is 1. The van der Waals surface area contributed by atoms with Gasteiger partial charge in [-0.1, -0.05) is 6.08 Å². The molecule has 0 unspecified atom stereocenters. The third-order valence-electron chi connectivity index (χ3n) is 1.41. The molecular weight excluding hydrogens is 253 g/mol. The Kier molecular flexibility index (Phi) is 3.81. The second-order valence-corrected chi connectivity index (χ2v) is 4.32. The Morgan fingerprint density at radius 2 is 2.31 bits per heavy atom. The zero-order valence-electron chi connectivity index (χ0n) is 6.89. The van der Waals surface area contributed by atoms with Crippen molar-refractivity contribution in [2.24, 2.45) is 0 Å². The third-order valence-corrected chi connectivity index (χ3v) is 3.08. The maximum Gasteiger partial charge on any atom is 0.139 e. The van der Waals surface area contributed by atoms with Crippen molar-refractivity contribution in [2.75, 3.05) is 11.5 Å². The van der Waals surface area contributed by atoms with Crippen molar-refractivity contribution in [1.29, 1.82) is 0 Å². The monoisotopic (exact) mass is 261 g/mol. The van der Waals surface area contributed by atoms with Crippen LogP contribution >= 0.6 is 27.7 Å². The highest BCUT2D eigenvalue weighted by atomic mass is 79.9. The third kappa shape index (κ3) is 2.74. The quantitative estimate of drug-likeness (QED) is 0.513. The Morgan fingerprint density at radius 3 is 2.92 bits per heavy atom. The summed E-state index contributed by atoms with van der Waals surface area (Å²) in [5.74, 6) is 0.433. The standard InChI is InChI=1S/C9H9BrFNS/c1-2-3-13-9-4-6(10)7(11)5-8(9)12/h2,4-5H,1,3,12H2. The van der Waals surface area contributed by atoms with Gasteiger partial charge in [-0.3, -0.25) is 0 Å². The van der Waals surface area contributed by atoms with E-state index in [2.05, 4.69) is 22.5 Å². The van der Waals surface area contributed by atoms with Gasteiger partial charge in [-0.05, 0) is 28.1 Å². The predicted molar refractivity (Wildman–Crippen MR) is 59.4 cm³/mol. The zero-order valence-corrected chi connectivity index (χ0v) is 9.29. The molecule has 1 rings (SSSR count). The first kappa shape index (κ1) is 10.6. The number of halogens is 2. The SMILES string of the molecule is C=CCSc1cc(Br)c(F)cc1N. The number of nitrogen functional groups attached to an aromatic ring is 1. The lowest BCUT2D eigenvalue weighted by Gasteiger charge is -2.04. The minimum Gasteiger partial charge on any atom is -0.398 e. The van der Waals surface area contributed by atoms with E-state index in [1.807, 2.05) is 0 Å². The highest BCUT2D eigenvalue weighted by Gasteiger charge is 2.05. The van der Waals surface area contributed by atoms with Gasteiger partial charge in [-0.2, -0.15) is 0 Å². The molecule has 1 aromatic carbocycles. The van der Waals surface area contributed by atoms with E-state index in [1.165, 1.54) is 17.8 Å². The van der Waals surface area contributed by atoms with E-state index in [9.17, 15) is 4.39 Å². The van der Waals surface area contributed by atoms with Crippen molar-refractivity contribution in [1.82, 2.24) is 0 Å². The molecule has 0 atom stereocenters. The average molecular weight is 262 g/mol. The summed E-state index contributed by atoms with van der Waals surface area (Å²) < 4.78 is 13.4. The van der Waals surface area contributed by atoms with Crippen LogP contribution in [0.4, 0.5) is 10.1 Å². The second kappa shape index (κ2) is 4.67. The fraction of sp³-hybridized carbons (Fsp3) is 0.111. The van der Waals surface area contributed by atoms with Gasteiger partial charge in [0.1, 0.15) is 5.82 Å². The van der Waals surface area contributed by atoms with Gasteiger partial charge in [0.05, 0.1) is 4.47 Å². The van der Waals surface area contributed by atoms with E-state index in [0.717, 1.165) is 10.6 Å². The molecule has 0 aliphatic carbocycles. The van der Waals surface area contributed by atoms with Gasteiger partial charge in [-0.25, -0.2) is 4.39 Å². The largest absolute Gasteiger partial charge is 0.398 e. The van der Waals surface area contributed by atoms with Crippen LogP contribution in [0.15, 0.2) is 34.2 Å². The van der Waals surface area contributed by atoms with Gasteiger partial charge < -0.3 is 5.73 Å². The van der Waals surface area contributed by atoms with Crippen LogP contribution in [0, 0.1) is 5.82 Å². The molecule has 0 aliphatic heterocycles. The lowest BCUT2D eigenvalue weighted by Crippen LogP contribution is -1.91. The Morgan fingerprint density at radius 1 is 1.62 bits per heavy atom. The van der Waals surface area contributed by atoms with Crippen molar-refractivity contribution in [2.45, 2.75) is 4.90 Å². The molecule has 0 saturated carbocycles. The van der Waals surface area contributed by atoms with E-state index in [-0.39, 0.29) is 5.82 Å². The molecule has 0 saturated heterocycles. The van der Waals surface area contributed by atoms with Crippen LogP contribution in [0.2, 0.25) is 0 Å². The van der Waals surface area contributed by atoms with Crippen LogP contribution in [0.5, 0.6) is 0 Å². The molecule has 2 N–H and O–H groups in total. The Labute approximate surface area is 89.3 Å². The minimum absolute atomic E-state index is 0.333. The van der Waals surface area contributed by atoms with E-state index >= 15 is 0 Å². The molecule has 70 valence electrons. The number of nitrogens with two attached hydrogens (primary N) is 1. The van der Waals surface area contributed by atoms with E-state index < -0.39 is 0 Å². The summed E-state index contributed by atoms with van der Waals surface area (Å²) in [6, 6.07) is 2.99. The smallest absolute Gasteiger partial charge is 0.139 e. The molecule has 0 heterocycles. The zero-order chi connectivity index (χ0) is 9.84. The van der Waals surface area contributed by atoms with Crippen LogP contribution in [-0.4, -0.2) is 5.75 Å². The molecule has 0 spiro atoms. The highest BCUT2D eigenvalue weighted by molar-refractivity contribution is 9.10. The number of rotatable bonds is 3. The molecule has 0 fully saturated rings. The summed E-state index contributed by atoms with van der Waals surface area (Å²) in [7, 11) is 0. The average Bonchev–Trinajstić information content (AvgIpc) is 2.09. The molecule has 1 aromatic rings. The van der Waals surface area contributed by atoms with Crippen molar-refractivity contribution in [3.05, 3.63) is 35.1 Å². The van der Waals surface area contributed by atoms with Crippen molar-refractivity contribution in [3.63, 3.8) is 0 Å². The van der Waals surface area contributed by atoms with Crippen LogP contribution in [0.1, 0.15) is 0 Å². The Bertz CT molecular complexity index is 328. The van der Waals surface area contributed by atoms with E-state index in [1.54, 1.807) is 12.1 Å². The number of hydrogen-bond donors (Lipinski definition) is 1. The summed E-state index contributed by atoms with van der Waals surface area (Å²) in [5, 5.41) is 0. The van der Waals surface area contributed by atoms with E-state index in [0.29, 0.717) is 10.2 Å². The molecule has 13 heavy (non-hydrogen) atoms. The summed E-state index contributed by atoms with van der Waals surface area (Å²) in [6.45, 7) is 3.60. The minimum atomic E-state index is -0.333. The molecule has 1 nitrogen and oxygen atoms in total. The topological polar surface area (TPSA) is 26.0 Å². The molecule has 0 amide bonds. The van der Waals surface area contributed by atoms with Gasteiger partial charge in [0.2, 0.25) is 0 Å².